The van der Waals surface area contributed by atoms with E-state index in [4.69, 9.17) is 0 Å². The zero-order valence-corrected chi connectivity index (χ0v) is 13.0. The van der Waals surface area contributed by atoms with E-state index in [1.54, 1.807) is 12.1 Å². The van der Waals surface area contributed by atoms with Crippen LogP contribution >= 0.6 is 11.8 Å². The molecule has 0 aliphatic heterocycles. The van der Waals surface area contributed by atoms with Gasteiger partial charge in [0.05, 0.1) is 18.4 Å². The topological polar surface area (TPSA) is 55.4 Å². The van der Waals surface area contributed by atoms with E-state index in [0.717, 1.165) is 23.9 Å². The summed E-state index contributed by atoms with van der Waals surface area (Å²) in [6, 6.07) is 9.36. The number of ether oxygens (including phenoxy) is 1. The Morgan fingerprint density at radius 2 is 1.83 bits per heavy atom. The quantitative estimate of drug-likeness (QED) is 0.670. The van der Waals surface area contributed by atoms with Gasteiger partial charge in [0.15, 0.2) is 0 Å². The van der Waals surface area contributed by atoms with Crippen LogP contribution in [0, 0.1) is 11.6 Å². The van der Waals surface area contributed by atoms with Crippen molar-refractivity contribution in [2.75, 3.05) is 18.2 Å². The summed E-state index contributed by atoms with van der Waals surface area (Å²) < 4.78 is 30.8. The SMILES string of the molecule is COC(=O)c1ccc(NC(=O)CSc2ccc(F)cc2F)cc1. The molecule has 0 radical (unpaired) electrons. The Morgan fingerprint density at radius 1 is 1.13 bits per heavy atom. The minimum atomic E-state index is -0.703. The summed E-state index contributed by atoms with van der Waals surface area (Å²) in [5.41, 5.74) is 0.871. The molecule has 1 amide bonds. The number of esters is 1. The molecule has 0 atom stereocenters. The first-order valence-corrected chi connectivity index (χ1v) is 7.54. The maximum Gasteiger partial charge on any atom is 0.337 e. The predicted molar refractivity (Wildman–Crippen MR) is 83.5 cm³/mol. The Hall–Kier alpha value is -2.41. The van der Waals surface area contributed by atoms with Gasteiger partial charge < -0.3 is 10.1 Å². The van der Waals surface area contributed by atoms with E-state index in [2.05, 4.69) is 10.1 Å². The highest BCUT2D eigenvalue weighted by molar-refractivity contribution is 8.00. The lowest BCUT2D eigenvalue weighted by Gasteiger charge is -2.06. The Balaban J connectivity index is 1.90. The third-order valence-corrected chi connectivity index (χ3v) is 3.89. The fraction of sp³-hybridized carbons (Fsp3) is 0.125. The number of amides is 1. The van der Waals surface area contributed by atoms with Gasteiger partial charge in [-0.3, -0.25) is 4.79 Å². The second-order valence-electron chi connectivity index (χ2n) is 4.48. The van der Waals surface area contributed by atoms with E-state index >= 15 is 0 Å². The van der Waals surface area contributed by atoms with Crippen LogP contribution in [-0.2, 0) is 9.53 Å². The molecular formula is C16H13F2NO3S. The van der Waals surface area contributed by atoms with Gasteiger partial charge in [-0.15, -0.1) is 11.8 Å². The molecule has 23 heavy (non-hydrogen) atoms. The van der Waals surface area contributed by atoms with Crippen molar-refractivity contribution in [3.63, 3.8) is 0 Å². The standard InChI is InChI=1S/C16H13F2NO3S/c1-22-16(21)10-2-5-12(6-3-10)19-15(20)9-23-14-7-4-11(17)8-13(14)18/h2-8H,9H2,1H3,(H,19,20). The summed E-state index contributed by atoms with van der Waals surface area (Å²) in [5.74, 6) is -2.21. The number of hydrogen-bond acceptors (Lipinski definition) is 4. The third-order valence-electron chi connectivity index (χ3n) is 2.84. The van der Waals surface area contributed by atoms with Crippen molar-refractivity contribution in [1.29, 1.82) is 0 Å². The highest BCUT2D eigenvalue weighted by Gasteiger charge is 2.09. The molecule has 0 heterocycles. The number of rotatable bonds is 5. The molecule has 0 saturated heterocycles. The van der Waals surface area contributed by atoms with Crippen molar-refractivity contribution in [2.45, 2.75) is 4.90 Å². The number of anilines is 1. The van der Waals surface area contributed by atoms with Crippen LogP contribution in [0.25, 0.3) is 0 Å². The Labute approximate surface area is 135 Å². The van der Waals surface area contributed by atoms with Crippen LogP contribution in [-0.4, -0.2) is 24.7 Å². The lowest BCUT2D eigenvalue weighted by atomic mass is 10.2. The maximum atomic E-state index is 13.4. The zero-order chi connectivity index (χ0) is 16.8. The first kappa shape index (κ1) is 17.0. The fourth-order valence-electron chi connectivity index (χ4n) is 1.74. The van der Waals surface area contributed by atoms with Gasteiger partial charge in [-0.25, -0.2) is 13.6 Å². The van der Waals surface area contributed by atoms with Crippen molar-refractivity contribution >= 4 is 29.3 Å². The van der Waals surface area contributed by atoms with Gasteiger partial charge in [-0.1, -0.05) is 0 Å². The molecule has 0 bridgehead atoms. The fourth-order valence-corrected chi connectivity index (χ4v) is 2.46. The molecule has 2 aromatic carbocycles. The van der Waals surface area contributed by atoms with Crippen LogP contribution in [0.5, 0.6) is 0 Å². The average Bonchev–Trinajstić information content (AvgIpc) is 2.54. The van der Waals surface area contributed by atoms with Crippen LogP contribution in [0.3, 0.4) is 0 Å². The van der Waals surface area contributed by atoms with Gasteiger partial charge in [0, 0.05) is 16.6 Å². The number of benzene rings is 2. The van der Waals surface area contributed by atoms with Crippen LogP contribution in [0.4, 0.5) is 14.5 Å². The number of halogens is 2. The molecule has 0 spiro atoms. The number of hydrogen-bond donors (Lipinski definition) is 1. The first-order chi connectivity index (χ1) is 11.0. The largest absolute Gasteiger partial charge is 0.465 e. The van der Waals surface area contributed by atoms with E-state index < -0.39 is 17.6 Å². The van der Waals surface area contributed by atoms with Crippen LogP contribution in [0.2, 0.25) is 0 Å². The molecule has 1 N–H and O–H groups in total. The minimum absolute atomic E-state index is 0.0265. The average molecular weight is 337 g/mol. The molecular weight excluding hydrogens is 324 g/mol. The summed E-state index contributed by atoms with van der Waals surface area (Å²) in [5, 5.41) is 2.62. The molecule has 2 rings (SSSR count). The maximum absolute atomic E-state index is 13.4. The van der Waals surface area contributed by atoms with E-state index in [0.29, 0.717) is 11.3 Å². The molecule has 0 unspecified atom stereocenters. The van der Waals surface area contributed by atoms with E-state index in [1.807, 2.05) is 0 Å². The summed E-state index contributed by atoms with van der Waals surface area (Å²) in [7, 11) is 1.28. The second kappa shape index (κ2) is 7.73. The highest BCUT2D eigenvalue weighted by atomic mass is 32.2. The molecule has 0 aliphatic carbocycles. The van der Waals surface area contributed by atoms with Crippen molar-refractivity contribution in [3.05, 3.63) is 59.7 Å². The molecule has 0 aliphatic rings. The Kier molecular flexibility index (Phi) is 5.70. The van der Waals surface area contributed by atoms with E-state index in [9.17, 15) is 18.4 Å². The van der Waals surface area contributed by atoms with Crippen LogP contribution < -0.4 is 5.32 Å². The normalized spacial score (nSPS) is 10.2. The Morgan fingerprint density at radius 3 is 2.43 bits per heavy atom. The molecule has 0 saturated carbocycles. The Bertz CT molecular complexity index is 720. The van der Waals surface area contributed by atoms with Gasteiger partial charge in [0.25, 0.3) is 0 Å². The van der Waals surface area contributed by atoms with Crippen molar-refractivity contribution in [2.24, 2.45) is 0 Å². The third kappa shape index (κ3) is 4.79. The number of carbonyl (C=O) groups is 2. The first-order valence-electron chi connectivity index (χ1n) is 6.55. The summed E-state index contributed by atoms with van der Waals surface area (Å²) in [6.45, 7) is 0. The number of carbonyl (C=O) groups excluding carboxylic acids is 2. The number of methoxy groups -OCH3 is 1. The van der Waals surface area contributed by atoms with Crippen molar-refractivity contribution < 1.29 is 23.1 Å². The van der Waals surface area contributed by atoms with Crippen LogP contribution in [0.1, 0.15) is 10.4 Å². The molecule has 2 aromatic rings. The lowest BCUT2D eigenvalue weighted by molar-refractivity contribution is -0.113. The molecule has 4 nitrogen and oxygen atoms in total. The van der Waals surface area contributed by atoms with E-state index in [1.165, 1.54) is 25.3 Å². The van der Waals surface area contributed by atoms with Crippen LogP contribution in [0.15, 0.2) is 47.4 Å². The summed E-state index contributed by atoms with van der Waals surface area (Å²) in [4.78, 5) is 23.3. The van der Waals surface area contributed by atoms with Gasteiger partial charge in [0.1, 0.15) is 11.6 Å². The van der Waals surface area contributed by atoms with Gasteiger partial charge in [-0.05, 0) is 36.4 Å². The molecule has 120 valence electrons. The second-order valence-corrected chi connectivity index (χ2v) is 5.50. The minimum Gasteiger partial charge on any atom is -0.465 e. The van der Waals surface area contributed by atoms with Gasteiger partial charge >= 0.3 is 5.97 Å². The smallest absolute Gasteiger partial charge is 0.337 e. The van der Waals surface area contributed by atoms with Crippen molar-refractivity contribution in [1.82, 2.24) is 0 Å². The molecule has 0 fully saturated rings. The van der Waals surface area contributed by atoms with Gasteiger partial charge in [-0.2, -0.15) is 0 Å². The number of nitrogens with one attached hydrogen (secondary N) is 1. The lowest BCUT2D eigenvalue weighted by Crippen LogP contribution is -2.14. The van der Waals surface area contributed by atoms with Gasteiger partial charge in [0.2, 0.25) is 5.91 Å². The molecule has 7 heteroatoms. The summed E-state index contributed by atoms with van der Waals surface area (Å²) >= 11 is 0.967. The van der Waals surface area contributed by atoms with E-state index in [-0.39, 0.29) is 16.6 Å². The highest BCUT2D eigenvalue weighted by Crippen LogP contribution is 2.22. The monoisotopic (exact) mass is 337 g/mol. The molecule has 0 aromatic heterocycles. The summed E-state index contributed by atoms with van der Waals surface area (Å²) in [6.07, 6.45) is 0. The zero-order valence-electron chi connectivity index (χ0n) is 12.1. The predicted octanol–water partition coefficient (Wildman–Crippen LogP) is 3.48. The number of thioether (sulfide) groups is 1. The van der Waals surface area contributed by atoms with Crippen molar-refractivity contribution in [3.8, 4) is 0 Å².